The molecule has 1 saturated heterocycles. The molecule has 1 aliphatic rings. The Labute approximate surface area is 111 Å². The van der Waals surface area contributed by atoms with E-state index < -0.39 is 0 Å². The quantitative estimate of drug-likeness (QED) is 0.337. The molecule has 0 bridgehead atoms. The average Bonchev–Trinajstić information content (AvgIpc) is 2.31. The highest BCUT2D eigenvalue weighted by Gasteiger charge is 2.21. The Bertz CT molecular complexity index is 254. The van der Waals surface area contributed by atoms with Crippen LogP contribution in [0, 0.1) is 11.8 Å². The third-order valence-electron chi connectivity index (χ3n) is 3.27. The molecule has 106 valence electrons. The van der Waals surface area contributed by atoms with Crippen molar-refractivity contribution in [1.82, 2.24) is 15.2 Å². The van der Waals surface area contributed by atoms with E-state index in [1.165, 1.54) is 19.4 Å². The summed E-state index contributed by atoms with van der Waals surface area (Å²) in [5.41, 5.74) is 2.75. The maximum absolute atomic E-state index is 5.57. The minimum Gasteiger partial charge on any atom is -0.342 e. The molecule has 0 amide bonds. The zero-order chi connectivity index (χ0) is 13.5. The minimum atomic E-state index is 0.569. The first kappa shape index (κ1) is 15.2. The van der Waals surface area contributed by atoms with Crippen molar-refractivity contribution in [1.29, 1.82) is 0 Å². The topological polar surface area (TPSA) is 56.9 Å². The number of hydrogen-bond donors (Lipinski definition) is 2. The molecule has 0 saturated carbocycles. The number of nitrogens with zero attached hydrogens (tertiary/aromatic N) is 3. The fourth-order valence-corrected chi connectivity index (χ4v) is 2.35. The molecule has 1 rings (SSSR count). The maximum atomic E-state index is 5.57. The van der Waals surface area contributed by atoms with Crippen LogP contribution >= 0.6 is 0 Å². The molecule has 0 atom stereocenters. The van der Waals surface area contributed by atoms with Gasteiger partial charge in [-0.05, 0) is 38.8 Å². The van der Waals surface area contributed by atoms with Gasteiger partial charge in [0.1, 0.15) is 0 Å². The van der Waals surface area contributed by atoms with E-state index in [0.29, 0.717) is 5.92 Å². The summed E-state index contributed by atoms with van der Waals surface area (Å²) in [6.45, 7) is 8.46. The number of nitrogens with one attached hydrogen (secondary N) is 1. The fraction of sp³-hybridized carbons (Fsp3) is 0.923. The summed E-state index contributed by atoms with van der Waals surface area (Å²) in [7, 11) is 4.28. The van der Waals surface area contributed by atoms with Gasteiger partial charge in [-0.1, -0.05) is 13.8 Å². The Morgan fingerprint density at radius 2 is 2.00 bits per heavy atom. The van der Waals surface area contributed by atoms with E-state index in [-0.39, 0.29) is 0 Å². The smallest absolute Gasteiger partial charge is 0.208 e. The number of piperidine rings is 1. The predicted molar refractivity (Wildman–Crippen MR) is 77.3 cm³/mol. The number of hydrogen-bond acceptors (Lipinski definition) is 3. The predicted octanol–water partition coefficient (Wildman–Crippen LogP) is 0.735. The summed E-state index contributed by atoms with van der Waals surface area (Å²) in [6, 6.07) is 0. The zero-order valence-electron chi connectivity index (χ0n) is 12.3. The summed E-state index contributed by atoms with van der Waals surface area (Å²) in [5, 5.41) is 0. The lowest BCUT2D eigenvalue weighted by Gasteiger charge is -2.34. The van der Waals surface area contributed by atoms with Crippen LogP contribution in [0.2, 0.25) is 0 Å². The van der Waals surface area contributed by atoms with Gasteiger partial charge in [0, 0.05) is 26.2 Å². The SMILES string of the molecule is CC(C)CN=C(NN)N1CCC(CN(C)C)CC1. The summed E-state index contributed by atoms with van der Waals surface area (Å²) in [5.74, 6) is 7.80. The van der Waals surface area contributed by atoms with Crippen molar-refractivity contribution in [3.05, 3.63) is 0 Å². The summed E-state index contributed by atoms with van der Waals surface area (Å²) in [4.78, 5) is 9.09. The number of aliphatic imine (C=N–C) groups is 1. The number of rotatable bonds is 4. The van der Waals surface area contributed by atoms with Crippen LogP contribution in [0.1, 0.15) is 26.7 Å². The first-order valence-electron chi connectivity index (χ1n) is 6.93. The molecule has 1 aliphatic heterocycles. The molecule has 5 nitrogen and oxygen atoms in total. The van der Waals surface area contributed by atoms with Crippen LogP contribution in [-0.2, 0) is 0 Å². The second-order valence-electron chi connectivity index (χ2n) is 5.90. The second-order valence-corrected chi connectivity index (χ2v) is 5.90. The third kappa shape index (κ3) is 5.23. The van der Waals surface area contributed by atoms with E-state index in [0.717, 1.165) is 31.5 Å². The molecule has 0 radical (unpaired) electrons. The lowest BCUT2D eigenvalue weighted by molar-refractivity contribution is 0.215. The Morgan fingerprint density at radius 3 is 2.44 bits per heavy atom. The third-order valence-corrected chi connectivity index (χ3v) is 3.27. The fourth-order valence-electron chi connectivity index (χ4n) is 2.35. The van der Waals surface area contributed by atoms with Crippen molar-refractivity contribution in [3.8, 4) is 0 Å². The molecule has 1 fully saturated rings. The summed E-state index contributed by atoms with van der Waals surface area (Å²) >= 11 is 0. The normalized spacial score (nSPS) is 18.8. The van der Waals surface area contributed by atoms with Crippen LogP contribution in [0.3, 0.4) is 0 Å². The van der Waals surface area contributed by atoms with Crippen molar-refractivity contribution in [2.45, 2.75) is 26.7 Å². The lowest BCUT2D eigenvalue weighted by atomic mass is 9.96. The van der Waals surface area contributed by atoms with Crippen LogP contribution in [0.4, 0.5) is 0 Å². The van der Waals surface area contributed by atoms with Crippen molar-refractivity contribution in [2.24, 2.45) is 22.7 Å². The van der Waals surface area contributed by atoms with Gasteiger partial charge in [-0.3, -0.25) is 10.4 Å². The molecule has 0 aromatic rings. The summed E-state index contributed by atoms with van der Waals surface area (Å²) in [6.07, 6.45) is 2.45. The van der Waals surface area contributed by atoms with Crippen molar-refractivity contribution < 1.29 is 0 Å². The molecule has 1 heterocycles. The molecule has 0 unspecified atom stereocenters. The number of nitrogens with two attached hydrogens (primary N) is 1. The summed E-state index contributed by atoms with van der Waals surface area (Å²) < 4.78 is 0. The minimum absolute atomic E-state index is 0.569. The van der Waals surface area contributed by atoms with Gasteiger partial charge in [-0.15, -0.1) is 0 Å². The van der Waals surface area contributed by atoms with E-state index in [1.807, 2.05) is 0 Å². The van der Waals surface area contributed by atoms with Crippen molar-refractivity contribution in [2.75, 3.05) is 40.3 Å². The van der Waals surface area contributed by atoms with Gasteiger partial charge < -0.3 is 9.80 Å². The van der Waals surface area contributed by atoms with Gasteiger partial charge in [0.2, 0.25) is 5.96 Å². The number of likely N-dealkylation sites (tertiary alicyclic amines) is 1. The highest BCUT2D eigenvalue weighted by atomic mass is 15.4. The lowest BCUT2D eigenvalue weighted by Crippen LogP contribution is -2.49. The van der Waals surface area contributed by atoms with Gasteiger partial charge in [0.15, 0.2) is 0 Å². The van der Waals surface area contributed by atoms with Crippen molar-refractivity contribution in [3.63, 3.8) is 0 Å². The van der Waals surface area contributed by atoms with E-state index in [9.17, 15) is 0 Å². The van der Waals surface area contributed by atoms with Crippen LogP contribution < -0.4 is 11.3 Å². The molecule has 0 spiro atoms. The van der Waals surface area contributed by atoms with Crippen LogP contribution in [-0.4, -0.2) is 56.0 Å². The van der Waals surface area contributed by atoms with Gasteiger partial charge in [0.25, 0.3) is 0 Å². The Morgan fingerprint density at radius 1 is 1.39 bits per heavy atom. The average molecular weight is 255 g/mol. The second kappa shape index (κ2) is 7.59. The Kier molecular flexibility index (Phi) is 6.43. The first-order chi connectivity index (χ1) is 8.52. The molecule has 5 heteroatoms. The van der Waals surface area contributed by atoms with E-state index in [2.05, 4.69) is 48.2 Å². The zero-order valence-corrected chi connectivity index (χ0v) is 12.3. The molecular weight excluding hydrogens is 226 g/mol. The largest absolute Gasteiger partial charge is 0.342 e. The number of hydrazine groups is 1. The highest BCUT2D eigenvalue weighted by molar-refractivity contribution is 5.79. The maximum Gasteiger partial charge on any atom is 0.208 e. The Balaban J connectivity index is 2.42. The van der Waals surface area contributed by atoms with Crippen molar-refractivity contribution >= 4 is 5.96 Å². The van der Waals surface area contributed by atoms with Gasteiger partial charge in [-0.25, -0.2) is 5.84 Å². The molecule has 0 aromatic heterocycles. The standard InChI is InChI=1S/C13H29N5/c1-11(2)9-15-13(16-14)18-7-5-12(6-8-18)10-17(3)4/h11-12H,5-10,14H2,1-4H3,(H,15,16). The molecule has 0 aliphatic carbocycles. The van der Waals surface area contributed by atoms with E-state index in [4.69, 9.17) is 5.84 Å². The van der Waals surface area contributed by atoms with Crippen LogP contribution in [0.5, 0.6) is 0 Å². The molecule has 3 N–H and O–H groups in total. The van der Waals surface area contributed by atoms with Gasteiger partial charge >= 0.3 is 0 Å². The first-order valence-corrected chi connectivity index (χ1v) is 6.93. The van der Waals surface area contributed by atoms with Crippen LogP contribution in [0.15, 0.2) is 4.99 Å². The highest BCUT2D eigenvalue weighted by Crippen LogP contribution is 2.17. The molecule has 0 aromatic carbocycles. The van der Waals surface area contributed by atoms with Gasteiger partial charge in [0.05, 0.1) is 0 Å². The molecule has 18 heavy (non-hydrogen) atoms. The van der Waals surface area contributed by atoms with E-state index >= 15 is 0 Å². The van der Waals surface area contributed by atoms with Gasteiger partial charge in [-0.2, -0.15) is 0 Å². The van der Waals surface area contributed by atoms with Crippen LogP contribution in [0.25, 0.3) is 0 Å². The molecular formula is C13H29N5. The monoisotopic (exact) mass is 255 g/mol. The number of guanidine groups is 1. The van der Waals surface area contributed by atoms with E-state index in [1.54, 1.807) is 0 Å². The Hall–Kier alpha value is -0.810.